The first-order chi connectivity index (χ1) is 12.8. The van der Waals surface area contributed by atoms with Crippen LogP contribution in [0.1, 0.15) is 18.1 Å². The second kappa shape index (κ2) is 8.00. The molecule has 0 unspecified atom stereocenters. The van der Waals surface area contributed by atoms with Crippen molar-refractivity contribution in [2.24, 2.45) is 0 Å². The Morgan fingerprint density at radius 3 is 2.36 bits per heavy atom. The van der Waals surface area contributed by atoms with Gasteiger partial charge in [0, 0.05) is 10.7 Å². The summed E-state index contributed by atoms with van der Waals surface area (Å²) in [4.78, 5) is 12.6. The lowest BCUT2D eigenvalue weighted by Gasteiger charge is -2.28. The molecule has 0 aliphatic heterocycles. The van der Waals surface area contributed by atoms with Gasteiger partial charge in [-0.15, -0.1) is 0 Å². The number of carbonyl (C=O) groups excluding carboxylic acids is 1. The summed E-state index contributed by atoms with van der Waals surface area (Å²) in [6.07, 6.45) is -3.64. The first kappa shape index (κ1) is 22.0. The van der Waals surface area contributed by atoms with E-state index in [1.807, 2.05) is 0 Å². The van der Waals surface area contributed by atoms with E-state index in [1.54, 1.807) is 13.0 Å². The number of benzene rings is 2. The van der Waals surface area contributed by atoms with Gasteiger partial charge in [-0.05, 0) is 49.7 Å². The number of anilines is 2. The van der Waals surface area contributed by atoms with Crippen LogP contribution in [0.4, 0.5) is 24.5 Å². The van der Waals surface area contributed by atoms with E-state index in [1.165, 1.54) is 25.1 Å². The summed E-state index contributed by atoms with van der Waals surface area (Å²) in [6, 6.07) is 7.36. The van der Waals surface area contributed by atoms with E-state index in [-0.39, 0.29) is 11.4 Å². The van der Waals surface area contributed by atoms with E-state index >= 15 is 0 Å². The van der Waals surface area contributed by atoms with Crippen LogP contribution < -0.4 is 9.62 Å². The molecule has 0 heterocycles. The largest absolute Gasteiger partial charge is 0.416 e. The number of hydrogen-bond donors (Lipinski definition) is 1. The molecular formula is C18H18ClF3N2O3S. The summed E-state index contributed by atoms with van der Waals surface area (Å²) in [7, 11) is -3.88. The summed E-state index contributed by atoms with van der Waals surface area (Å²) in [5.41, 5.74) is -0.130. The number of nitrogens with zero attached hydrogens (tertiary/aromatic N) is 1. The van der Waals surface area contributed by atoms with Gasteiger partial charge in [-0.25, -0.2) is 8.42 Å². The summed E-state index contributed by atoms with van der Waals surface area (Å²) in [5.74, 6) is -0.790. The minimum Gasteiger partial charge on any atom is -0.324 e. The van der Waals surface area contributed by atoms with Gasteiger partial charge in [-0.3, -0.25) is 9.10 Å². The van der Waals surface area contributed by atoms with Gasteiger partial charge in [0.25, 0.3) is 0 Å². The molecule has 1 N–H and O–H groups in total. The Bertz CT molecular complexity index is 994. The van der Waals surface area contributed by atoms with Gasteiger partial charge in [0.05, 0.1) is 17.5 Å². The van der Waals surface area contributed by atoms with Crippen LogP contribution in [-0.4, -0.2) is 26.6 Å². The third kappa shape index (κ3) is 5.17. The predicted molar refractivity (Wildman–Crippen MR) is 103 cm³/mol. The first-order valence-corrected chi connectivity index (χ1v) is 10.3. The molecule has 2 aromatic carbocycles. The molecule has 28 heavy (non-hydrogen) atoms. The molecule has 10 heteroatoms. The summed E-state index contributed by atoms with van der Waals surface area (Å²) >= 11 is 6.05. The molecule has 0 saturated heterocycles. The van der Waals surface area contributed by atoms with Gasteiger partial charge in [-0.1, -0.05) is 23.7 Å². The number of nitrogens with one attached hydrogen (secondary N) is 1. The van der Waals surface area contributed by atoms with Crippen molar-refractivity contribution in [3.63, 3.8) is 0 Å². The monoisotopic (exact) mass is 434 g/mol. The van der Waals surface area contributed by atoms with E-state index in [2.05, 4.69) is 5.32 Å². The lowest BCUT2D eigenvalue weighted by molar-refractivity contribution is -0.137. The van der Waals surface area contributed by atoms with Crippen molar-refractivity contribution in [1.82, 2.24) is 0 Å². The maximum absolute atomic E-state index is 12.8. The van der Waals surface area contributed by atoms with Crippen molar-refractivity contribution in [2.45, 2.75) is 26.1 Å². The van der Waals surface area contributed by atoms with Crippen molar-refractivity contribution in [3.8, 4) is 0 Å². The van der Waals surface area contributed by atoms with Crippen LogP contribution in [0.5, 0.6) is 0 Å². The minimum absolute atomic E-state index is 0.0953. The molecule has 2 rings (SSSR count). The summed E-state index contributed by atoms with van der Waals surface area (Å²) in [6.45, 7) is 3.07. The first-order valence-electron chi connectivity index (χ1n) is 8.04. The molecule has 2 aromatic rings. The number of hydrogen-bond acceptors (Lipinski definition) is 3. The number of aryl methyl sites for hydroxylation is 1. The second-order valence-electron chi connectivity index (χ2n) is 6.24. The highest BCUT2D eigenvalue weighted by Gasteiger charge is 2.32. The topological polar surface area (TPSA) is 66.5 Å². The average molecular weight is 435 g/mol. The number of rotatable bonds is 5. The predicted octanol–water partition coefficient (Wildman–Crippen LogP) is 4.46. The minimum atomic E-state index is -4.57. The van der Waals surface area contributed by atoms with Crippen molar-refractivity contribution < 1.29 is 26.4 Å². The molecule has 0 aromatic heterocycles. The zero-order valence-corrected chi connectivity index (χ0v) is 16.8. The lowest BCUT2D eigenvalue weighted by Crippen LogP contribution is -2.45. The smallest absolute Gasteiger partial charge is 0.324 e. The van der Waals surface area contributed by atoms with Gasteiger partial charge in [0.1, 0.15) is 6.04 Å². The molecule has 5 nitrogen and oxygen atoms in total. The van der Waals surface area contributed by atoms with Crippen molar-refractivity contribution in [2.75, 3.05) is 15.9 Å². The zero-order valence-electron chi connectivity index (χ0n) is 15.2. The van der Waals surface area contributed by atoms with Crippen LogP contribution >= 0.6 is 11.6 Å². The molecule has 1 amide bonds. The van der Waals surface area contributed by atoms with Gasteiger partial charge in [0.15, 0.2) is 0 Å². The van der Waals surface area contributed by atoms with Gasteiger partial charge in [0.2, 0.25) is 15.9 Å². The molecule has 0 radical (unpaired) electrons. The molecule has 0 aliphatic rings. The van der Waals surface area contributed by atoms with Crippen LogP contribution in [0.2, 0.25) is 5.02 Å². The van der Waals surface area contributed by atoms with Crippen LogP contribution in [-0.2, 0) is 21.0 Å². The molecule has 0 spiro atoms. The zero-order chi connectivity index (χ0) is 21.3. The van der Waals surface area contributed by atoms with Gasteiger partial charge < -0.3 is 5.32 Å². The van der Waals surface area contributed by atoms with E-state index in [4.69, 9.17) is 11.6 Å². The summed E-state index contributed by atoms with van der Waals surface area (Å²) < 4.78 is 63.9. The van der Waals surface area contributed by atoms with E-state index in [9.17, 15) is 26.4 Å². The number of amides is 1. The van der Waals surface area contributed by atoms with Crippen LogP contribution in [0.25, 0.3) is 0 Å². The van der Waals surface area contributed by atoms with E-state index in [0.29, 0.717) is 5.02 Å². The standard InChI is InChI=1S/C18H18ClF3N2O3S/c1-11-7-8-15(10-16(11)19)24(28(3,26)27)12(2)17(25)23-14-6-4-5-13(9-14)18(20,21)22/h4-10,12H,1-3H3,(H,23,25)/t12-/m0/s1. The third-order valence-corrected chi connectivity index (χ3v) is 5.60. The van der Waals surface area contributed by atoms with Gasteiger partial charge in [-0.2, -0.15) is 13.2 Å². The fraction of sp³-hybridized carbons (Fsp3) is 0.278. The Balaban J connectivity index is 2.33. The number of alkyl halides is 3. The fourth-order valence-electron chi connectivity index (χ4n) is 2.55. The molecule has 0 aliphatic carbocycles. The van der Waals surface area contributed by atoms with Crippen LogP contribution in [0, 0.1) is 6.92 Å². The Labute approximate surface area is 166 Å². The highest BCUT2D eigenvalue weighted by molar-refractivity contribution is 7.92. The molecule has 0 bridgehead atoms. The fourth-order valence-corrected chi connectivity index (χ4v) is 3.89. The maximum atomic E-state index is 12.8. The summed E-state index contributed by atoms with van der Waals surface area (Å²) in [5, 5.41) is 2.64. The highest BCUT2D eigenvalue weighted by atomic mass is 35.5. The molecule has 0 saturated carbocycles. The molecule has 152 valence electrons. The van der Waals surface area contributed by atoms with Crippen molar-refractivity contribution in [3.05, 3.63) is 58.6 Å². The maximum Gasteiger partial charge on any atom is 0.416 e. The molecule has 0 fully saturated rings. The Kier molecular flexibility index (Phi) is 6.30. The number of sulfonamides is 1. The molecule has 1 atom stereocenters. The van der Waals surface area contributed by atoms with Gasteiger partial charge >= 0.3 is 6.18 Å². The quantitative estimate of drug-likeness (QED) is 0.755. The third-order valence-electron chi connectivity index (χ3n) is 3.96. The Morgan fingerprint density at radius 1 is 1.18 bits per heavy atom. The lowest BCUT2D eigenvalue weighted by atomic mass is 10.2. The van der Waals surface area contributed by atoms with Crippen molar-refractivity contribution in [1.29, 1.82) is 0 Å². The average Bonchev–Trinajstić information content (AvgIpc) is 2.56. The Morgan fingerprint density at radius 2 is 1.82 bits per heavy atom. The van der Waals surface area contributed by atoms with E-state index < -0.39 is 33.7 Å². The SMILES string of the molecule is Cc1ccc(N([C@@H](C)C(=O)Nc2cccc(C(F)(F)F)c2)S(C)(=O)=O)cc1Cl. The Hall–Kier alpha value is -2.26. The number of carbonyl (C=O) groups is 1. The number of halogens is 4. The van der Waals surface area contributed by atoms with E-state index in [0.717, 1.165) is 34.3 Å². The highest BCUT2D eigenvalue weighted by Crippen LogP contribution is 2.31. The van der Waals surface area contributed by atoms with Crippen LogP contribution in [0.15, 0.2) is 42.5 Å². The normalized spacial score (nSPS) is 13.1. The van der Waals surface area contributed by atoms with Crippen molar-refractivity contribution >= 4 is 38.9 Å². The molecular weight excluding hydrogens is 417 g/mol. The second-order valence-corrected chi connectivity index (χ2v) is 8.50. The van der Waals surface area contributed by atoms with Crippen LogP contribution in [0.3, 0.4) is 0 Å².